The van der Waals surface area contributed by atoms with E-state index in [1.165, 1.54) is 11.2 Å². The normalized spacial score (nSPS) is 11.9. The van der Waals surface area contributed by atoms with Gasteiger partial charge in [0.2, 0.25) is 11.8 Å². The van der Waals surface area contributed by atoms with Gasteiger partial charge in [-0.3, -0.25) is 9.59 Å². The number of benzene rings is 4. The Morgan fingerprint density at radius 1 is 0.800 bits per heavy atom. The van der Waals surface area contributed by atoms with Gasteiger partial charge in [0.15, 0.2) is 0 Å². The first-order valence-corrected chi connectivity index (χ1v) is 16.9. The van der Waals surface area contributed by atoms with Gasteiger partial charge in [0.05, 0.1) is 18.6 Å². The Bertz CT molecular complexity index is 1750. The molecule has 0 aliphatic carbocycles. The quantitative estimate of drug-likeness (QED) is 0.100. The fourth-order valence-electron chi connectivity index (χ4n) is 5.57. The second kappa shape index (κ2) is 18.6. The minimum absolute atomic E-state index is 0.134. The molecule has 4 aromatic carbocycles. The van der Waals surface area contributed by atoms with Crippen molar-refractivity contribution in [3.63, 3.8) is 0 Å². The van der Waals surface area contributed by atoms with Crippen LogP contribution in [0.1, 0.15) is 47.2 Å². The minimum atomic E-state index is -0.983. The first-order chi connectivity index (χ1) is 24.5. The van der Waals surface area contributed by atoms with E-state index in [9.17, 15) is 14.4 Å². The van der Waals surface area contributed by atoms with Gasteiger partial charge in [-0.1, -0.05) is 110 Å². The lowest BCUT2D eigenvalue weighted by molar-refractivity contribution is -0.138. The predicted octanol–water partition coefficient (Wildman–Crippen LogP) is 5.74. The molecule has 10 heteroatoms. The fourth-order valence-corrected chi connectivity index (χ4v) is 5.57. The van der Waals surface area contributed by atoms with Crippen molar-refractivity contribution in [1.82, 2.24) is 30.8 Å². The Balaban J connectivity index is 1.30. The maximum Gasteiger partial charge on any atom is 0.315 e. The molecule has 0 radical (unpaired) electrons. The van der Waals surface area contributed by atoms with E-state index < -0.39 is 18.0 Å². The van der Waals surface area contributed by atoms with Crippen molar-refractivity contribution in [3.8, 4) is 5.75 Å². The number of amides is 4. The molecule has 0 saturated heterocycles. The molecule has 0 aliphatic rings. The molecule has 1 heterocycles. The van der Waals surface area contributed by atoms with Crippen LogP contribution in [0, 0.1) is 0 Å². The molecule has 10 nitrogen and oxygen atoms in total. The summed E-state index contributed by atoms with van der Waals surface area (Å²) in [7, 11) is 0. The number of ether oxygens (including phenoxy) is 1. The Morgan fingerprint density at radius 3 is 2.10 bits per heavy atom. The molecule has 0 bridgehead atoms. The van der Waals surface area contributed by atoms with E-state index in [1.807, 2.05) is 103 Å². The molecular weight excluding hydrogens is 628 g/mol. The third kappa shape index (κ3) is 11.1. The summed E-state index contributed by atoms with van der Waals surface area (Å²) in [5.41, 5.74) is 4.53. The highest BCUT2D eigenvalue weighted by atomic mass is 16.5. The standard InChI is InChI=1S/C40H44N6O4/c1-2-33(34-16-10-5-11-17-34)24-42-38(47)27-46(26-31-18-20-36(21-19-31)50-28-32-14-8-4-9-15-32)39(48)37(22-35-25-41-29-44-35)45-40(49)43-23-30-12-6-3-7-13-30/h3-21,25,29,33,37H,2,22-24,26-28H2,1H3,(H,41,44)(H,42,47)(H2,43,45,49)/t33?,37-/m0/s1. The first-order valence-electron chi connectivity index (χ1n) is 16.9. The second-order valence-corrected chi connectivity index (χ2v) is 12.1. The van der Waals surface area contributed by atoms with Gasteiger partial charge < -0.3 is 30.6 Å². The van der Waals surface area contributed by atoms with E-state index in [1.54, 1.807) is 6.20 Å². The molecule has 50 heavy (non-hydrogen) atoms. The number of nitrogens with zero attached hydrogens (tertiary/aromatic N) is 2. The predicted molar refractivity (Wildman–Crippen MR) is 193 cm³/mol. The zero-order valence-corrected chi connectivity index (χ0v) is 28.3. The van der Waals surface area contributed by atoms with Crippen LogP contribution in [0.3, 0.4) is 0 Å². The molecule has 258 valence electrons. The van der Waals surface area contributed by atoms with E-state index in [2.05, 4.69) is 45.0 Å². The van der Waals surface area contributed by atoms with Crippen LogP contribution in [0.4, 0.5) is 4.79 Å². The summed E-state index contributed by atoms with van der Waals surface area (Å²) < 4.78 is 5.95. The van der Waals surface area contributed by atoms with Crippen molar-refractivity contribution < 1.29 is 19.1 Å². The Morgan fingerprint density at radius 2 is 1.46 bits per heavy atom. The van der Waals surface area contributed by atoms with Crippen LogP contribution in [-0.4, -0.2) is 51.8 Å². The highest BCUT2D eigenvalue weighted by Gasteiger charge is 2.29. The zero-order chi connectivity index (χ0) is 35.0. The minimum Gasteiger partial charge on any atom is -0.489 e. The van der Waals surface area contributed by atoms with E-state index in [0.29, 0.717) is 31.1 Å². The number of carbonyl (C=O) groups excluding carboxylic acids is 3. The zero-order valence-electron chi connectivity index (χ0n) is 28.3. The summed E-state index contributed by atoms with van der Waals surface area (Å²) in [6, 6.07) is 35.4. The van der Waals surface area contributed by atoms with Gasteiger partial charge in [-0.2, -0.15) is 0 Å². The number of urea groups is 1. The van der Waals surface area contributed by atoms with Crippen LogP contribution < -0.4 is 20.7 Å². The van der Waals surface area contributed by atoms with E-state index >= 15 is 0 Å². The van der Waals surface area contributed by atoms with Crippen LogP contribution in [0.5, 0.6) is 5.75 Å². The number of hydrogen-bond donors (Lipinski definition) is 4. The summed E-state index contributed by atoms with van der Waals surface area (Å²) in [5.74, 6) is 0.128. The molecular formula is C40H44N6O4. The second-order valence-electron chi connectivity index (χ2n) is 12.1. The van der Waals surface area contributed by atoms with Crippen molar-refractivity contribution in [1.29, 1.82) is 0 Å². The van der Waals surface area contributed by atoms with Crippen LogP contribution >= 0.6 is 0 Å². The number of imidazole rings is 1. The highest BCUT2D eigenvalue weighted by molar-refractivity contribution is 5.90. The molecule has 5 aromatic rings. The van der Waals surface area contributed by atoms with Crippen LogP contribution in [0.15, 0.2) is 128 Å². The van der Waals surface area contributed by atoms with Crippen molar-refractivity contribution in [2.24, 2.45) is 0 Å². The van der Waals surface area contributed by atoms with Gasteiger partial charge in [-0.15, -0.1) is 0 Å². The SMILES string of the molecule is CCC(CNC(=O)CN(Cc1ccc(OCc2ccccc2)cc1)C(=O)[C@H](Cc1c[nH]cn1)NC(=O)NCc1ccccc1)c1ccccc1. The number of rotatable bonds is 17. The van der Waals surface area contributed by atoms with Crippen LogP contribution in [0.25, 0.3) is 0 Å². The van der Waals surface area contributed by atoms with E-state index in [-0.39, 0.29) is 31.3 Å². The fraction of sp³-hybridized carbons (Fsp3) is 0.250. The average Bonchev–Trinajstić information content (AvgIpc) is 3.68. The van der Waals surface area contributed by atoms with Gasteiger partial charge in [-0.05, 0) is 40.8 Å². The Kier molecular flexibility index (Phi) is 13.2. The van der Waals surface area contributed by atoms with E-state index in [0.717, 1.165) is 28.7 Å². The maximum atomic E-state index is 14.3. The molecule has 1 unspecified atom stereocenters. The molecule has 0 aliphatic heterocycles. The summed E-state index contributed by atoms with van der Waals surface area (Å²) >= 11 is 0. The third-order valence-corrected chi connectivity index (χ3v) is 8.37. The lowest BCUT2D eigenvalue weighted by atomic mass is 9.96. The Labute approximate surface area is 293 Å². The van der Waals surface area contributed by atoms with Crippen molar-refractivity contribution in [2.45, 2.75) is 51.4 Å². The van der Waals surface area contributed by atoms with Gasteiger partial charge in [0, 0.05) is 38.2 Å². The number of H-pyrrole nitrogens is 1. The molecule has 2 atom stereocenters. The molecule has 0 saturated carbocycles. The summed E-state index contributed by atoms with van der Waals surface area (Å²) in [5, 5.41) is 8.71. The molecule has 1 aromatic heterocycles. The smallest absolute Gasteiger partial charge is 0.315 e. The van der Waals surface area contributed by atoms with Crippen molar-refractivity contribution in [3.05, 3.63) is 156 Å². The molecule has 4 amide bonds. The third-order valence-electron chi connectivity index (χ3n) is 8.37. The number of carbonyl (C=O) groups is 3. The van der Waals surface area contributed by atoms with Gasteiger partial charge in [0.25, 0.3) is 0 Å². The molecule has 0 fully saturated rings. The molecule has 4 N–H and O–H groups in total. The largest absolute Gasteiger partial charge is 0.489 e. The average molecular weight is 673 g/mol. The van der Waals surface area contributed by atoms with Gasteiger partial charge >= 0.3 is 6.03 Å². The van der Waals surface area contributed by atoms with Crippen LogP contribution in [-0.2, 0) is 35.7 Å². The topological polar surface area (TPSA) is 128 Å². The number of nitrogens with one attached hydrogen (secondary N) is 4. The van der Waals surface area contributed by atoms with Crippen molar-refractivity contribution in [2.75, 3.05) is 13.1 Å². The monoisotopic (exact) mass is 672 g/mol. The Hall–Kier alpha value is -5.90. The molecule has 0 spiro atoms. The van der Waals surface area contributed by atoms with Crippen LogP contribution in [0.2, 0.25) is 0 Å². The lowest BCUT2D eigenvalue weighted by Gasteiger charge is -2.28. The number of aromatic amines is 1. The number of hydrogen-bond acceptors (Lipinski definition) is 5. The van der Waals surface area contributed by atoms with Gasteiger partial charge in [0.1, 0.15) is 18.4 Å². The summed E-state index contributed by atoms with van der Waals surface area (Å²) in [4.78, 5) is 49.5. The van der Waals surface area contributed by atoms with E-state index in [4.69, 9.17) is 4.74 Å². The first kappa shape index (κ1) is 35.4. The van der Waals surface area contributed by atoms with Crippen molar-refractivity contribution >= 4 is 17.8 Å². The number of aromatic nitrogens is 2. The molecule has 5 rings (SSSR count). The summed E-state index contributed by atoms with van der Waals surface area (Å²) in [6.07, 6.45) is 4.19. The maximum absolute atomic E-state index is 14.3. The summed E-state index contributed by atoms with van der Waals surface area (Å²) in [6.45, 7) is 3.19. The lowest BCUT2D eigenvalue weighted by Crippen LogP contribution is -2.53. The van der Waals surface area contributed by atoms with Gasteiger partial charge in [-0.25, -0.2) is 9.78 Å². The highest BCUT2D eigenvalue weighted by Crippen LogP contribution is 2.19.